The van der Waals surface area contributed by atoms with E-state index in [1.807, 2.05) is 6.07 Å². The minimum absolute atomic E-state index is 0.114. The number of benzene rings is 1. The van der Waals surface area contributed by atoms with Crippen molar-refractivity contribution in [3.63, 3.8) is 0 Å². The Bertz CT molecular complexity index is 654. The lowest BCUT2D eigenvalue weighted by atomic mass is 10.1. The lowest BCUT2D eigenvalue weighted by molar-refractivity contribution is -0.120. The lowest BCUT2D eigenvalue weighted by Crippen LogP contribution is -2.43. The second kappa shape index (κ2) is 5.05. The van der Waals surface area contributed by atoms with Gasteiger partial charge in [0.05, 0.1) is 23.3 Å². The predicted molar refractivity (Wildman–Crippen MR) is 76.7 cm³/mol. The highest BCUT2D eigenvalue weighted by molar-refractivity contribution is 7.09. The van der Waals surface area contributed by atoms with Crippen molar-refractivity contribution in [1.82, 2.24) is 10.3 Å². The maximum absolute atomic E-state index is 12.5. The van der Waals surface area contributed by atoms with Gasteiger partial charge in [-0.3, -0.25) is 14.6 Å². The Hall–Kier alpha value is -2.21. The van der Waals surface area contributed by atoms with Crippen molar-refractivity contribution in [2.45, 2.75) is 19.5 Å². The first-order valence-corrected chi connectivity index (χ1v) is 7.13. The molecule has 0 bridgehead atoms. The number of fused-ring (bicyclic) bond motifs is 1. The molecule has 6 heteroatoms. The average Bonchev–Trinajstić information content (AvgIpc) is 2.94. The maximum atomic E-state index is 12.5. The van der Waals surface area contributed by atoms with Crippen LogP contribution in [0.25, 0.3) is 0 Å². The van der Waals surface area contributed by atoms with Gasteiger partial charge >= 0.3 is 0 Å². The molecule has 102 valence electrons. The fourth-order valence-corrected chi connectivity index (χ4v) is 2.81. The number of nitrogens with zero attached hydrogens (tertiary/aromatic N) is 2. The molecule has 1 aromatic heterocycles. The molecule has 1 atom stereocenters. The zero-order valence-electron chi connectivity index (χ0n) is 10.9. The number of rotatable bonds is 2. The van der Waals surface area contributed by atoms with Crippen LogP contribution in [0.4, 0.5) is 5.69 Å². The van der Waals surface area contributed by atoms with Crippen LogP contribution < -0.4 is 10.2 Å². The van der Waals surface area contributed by atoms with E-state index in [9.17, 15) is 9.59 Å². The molecule has 2 amide bonds. The summed E-state index contributed by atoms with van der Waals surface area (Å²) in [7, 11) is 0. The van der Waals surface area contributed by atoms with E-state index in [1.165, 1.54) is 11.3 Å². The fraction of sp³-hybridized carbons (Fsp3) is 0.214. The second-order valence-corrected chi connectivity index (χ2v) is 5.58. The zero-order chi connectivity index (χ0) is 14.1. The van der Waals surface area contributed by atoms with Crippen LogP contribution in [0, 0.1) is 0 Å². The lowest BCUT2D eigenvalue weighted by Gasteiger charge is -2.23. The number of nitrogens with one attached hydrogen (secondary N) is 1. The number of carbonyl (C=O) groups is 2. The van der Waals surface area contributed by atoms with Gasteiger partial charge in [0.2, 0.25) is 5.91 Å². The van der Waals surface area contributed by atoms with Crippen molar-refractivity contribution < 1.29 is 9.59 Å². The molecule has 0 saturated heterocycles. The largest absolute Gasteiger partial charge is 0.340 e. The third-order valence-electron chi connectivity index (χ3n) is 3.22. The molecule has 0 spiro atoms. The van der Waals surface area contributed by atoms with E-state index in [4.69, 9.17) is 0 Å². The summed E-state index contributed by atoms with van der Waals surface area (Å²) in [6.45, 7) is 2.13. The molecule has 1 unspecified atom stereocenters. The zero-order valence-corrected chi connectivity index (χ0v) is 11.7. The summed E-state index contributed by atoms with van der Waals surface area (Å²) in [6.07, 6.45) is 1.74. The van der Waals surface area contributed by atoms with Crippen LogP contribution >= 0.6 is 11.3 Å². The average molecular weight is 287 g/mol. The standard InChI is InChI=1S/C14H13N3O2S/c1-9-14(19)17(7-10-6-15-8-20-10)12-5-3-2-4-11(12)13(18)16-9/h2-6,8-9H,7H2,1H3,(H,16,18). The van der Waals surface area contributed by atoms with Gasteiger partial charge in [-0.25, -0.2) is 0 Å². The molecule has 1 aliphatic heterocycles. The smallest absolute Gasteiger partial charge is 0.254 e. The predicted octanol–water partition coefficient (Wildman–Crippen LogP) is 1.81. The summed E-state index contributed by atoms with van der Waals surface area (Å²) < 4.78 is 0. The number of aromatic nitrogens is 1. The summed E-state index contributed by atoms with van der Waals surface area (Å²) in [6, 6.07) is 6.61. The molecule has 0 fully saturated rings. The summed E-state index contributed by atoms with van der Waals surface area (Å²) in [5, 5.41) is 2.71. The molecule has 1 N–H and O–H groups in total. The number of para-hydroxylation sites is 1. The highest BCUT2D eigenvalue weighted by Gasteiger charge is 2.31. The third kappa shape index (κ3) is 2.18. The molecule has 2 heterocycles. The number of hydrogen-bond donors (Lipinski definition) is 1. The van der Waals surface area contributed by atoms with Gasteiger partial charge in [0.15, 0.2) is 0 Å². The molecule has 0 saturated carbocycles. The Morgan fingerprint density at radius 2 is 2.15 bits per heavy atom. The van der Waals surface area contributed by atoms with E-state index >= 15 is 0 Å². The number of amides is 2. The molecule has 1 aromatic carbocycles. The van der Waals surface area contributed by atoms with Crippen molar-refractivity contribution in [2.75, 3.05) is 4.90 Å². The van der Waals surface area contributed by atoms with Crippen LogP contribution in [0.2, 0.25) is 0 Å². The molecular weight excluding hydrogens is 274 g/mol. The van der Waals surface area contributed by atoms with Crippen LogP contribution in [0.1, 0.15) is 22.2 Å². The van der Waals surface area contributed by atoms with Crippen LogP contribution in [-0.2, 0) is 11.3 Å². The molecule has 0 radical (unpaired) electrons. The quantitative estimate of drug-likeness (QED) is 0.916. The van der Waals surface area contributed by atoms with Gasteiger partial charge in [-0.15, -0.1) is 11.3 Å². The highest BCUT2D eigenvalue weighted by Crippen LogP contribution is 2.26. The SMILES string of the molecule is CC1NC(=O)c2ccccc2N(Cc2cncs2)C1=O. The van der Waals surface area contributed by atoms with E-state index in [-0.39, 0.29) is 11.8 Å². The topological polar surface area (TPSA) is 62.3 Å². The van der Waals surface area contributed by atoms with E-state index in [0.717, 1.165) is 4.88 Å². The molecular formula is C14H13N3O2S. The molecule has 5 nitrogen and oxygen atoms in total. The fourth-order valence-electron chi connectivity index (χ4n) is 2.23. The minimum Gasteiger partial charge on any atom is -0.340 e. The van der Waals surface area contributed by atoms with Gasteiger partial charge in [0.25, 0.3) is 5.91 Å². The van der Waals surface area contributed by atoms with Crippen molar-refractivity contribution in [3.8, 4) is 0 Å². The maximum Gasteiger partial charge on any atom is 0.254 e. The first-order chi connectivity index (χ1) is 9.66. The van der Waals surface area contributed by atoms with Crippen molar-refractivity contribution in [2.24, 2.45) is 0 Å². The normalized spacial score (nSPS) is 18.4. The van der Waals surface area contributed by atoms with Crippen molar-refractivity contribution in [1.29, 1.82) is 0 Å². The molecule has 20 heavy (non-hydrogen) atoms. The van der Waals surface area contributed by atoms with E-state index in [1.54, 1.807) is 41.7 Å². The Balaban J connectivity index is 2.06. The molecule has 3 rings (SSSR count). The number of anilines is 1. The van der Waals surface area contributed by atoms with Crippen molar-refractivity contribution >= 4 is 28.8 Å². The van der Waals surface area contributed by atoms with Crippen LogP contribution in [0.5, 0.6) is 0 Å². The van der Waals surface area contributed by atoms with E-state index < -0.39 is 6.04 Å². The number of hydrogen-bond acceptors (Lipinski definition) is 4. The number of thiazole rings is 1. The summed E-state index contributed by atoms with van der Waals surface area (Å²) >= 11 is 1.49. The van der Waals surface area contributed by atoms with Gasteiger partial charge in [0, 0.05) is 11.1 Å². The first kappa shape index (κ1) is 12.8. The Labute approximate surface area is 120 Å². The monoisotopic (exact) mass is 287 g/mol. The first-order valence-electron chi connectivity index (χ1n) is 6.25. The van der Waals surface area contributed by atoms with Gasteiger partial charge in [-0.05, 0) is 19.1 Å². The molecule has 2 aromatic rings. The third-order valence-corrected chi connectivity index (χ3v) is 3.99. The number of carbonyl (C=O) groups excluding carboxylic acids is 2. The second-order valence-electron chi connectivity index (χ2n) is 4.60. The molecule has 1 aliphatic rings. The summed E-state index contributed by atoms with van der Waals surface area (Å²) in [4.78, 5) is 31.2. The van der Waals surface area contributed by atoms with Gasteiger partial charge in [0.1, 0.15) is 6.04 Å². The Morgan fingerprint density at radius 3 is 2.90 bits per heavy atom. The van der Waals surface area contributed by atoms with Crippen LogP contribution in [0.3, 0.4) is 0 Å². The van der Waals surface area contributed by atoms with Crippen molar-refractivity contribution in [3.05, 3.63) is 46.4 Å². The van der Waals surface area contributed by atoms with E-state index in [2.05, 4.69) is 10.3 Å². The Kier molecular flexibility index (Phi) is 3.23. The van der Waals surface area contributed by atoms with Gasteiger partial charge in [-0.1, -0.05) is 12.1 Å². The Morgan fingerprint density at radius 1 is 1.35 bits per heavy atom. The van der Waals surface area contributed by atoms with Gasteiger partial charge in [-0.2, -0.15) is 0 Å². The van der Waals surface area contributed by atoms with Crippen LogP contribution in [-0.4, -0.2) is 22.8 Å². The molecule has 0 aliphatic carbocycles. The van der Waals surface area contributed by atoms with E-state index in [0.29, 0.717) is 17.8 Å². The van der Waals surface area contributed by atoms with Crippen LogP contribution in [0.15, 0.2) is 36.0 Å². The van der Waals surface area contributed by atoms with Gasteiger partial charge < -0.3 is 10.2 Å². The summed E-state index contributed by atoms with van der Waals surface area (Å²) in [5.74, 6) is -0.329. The summed E-state index contributed by atoms with van der Waals surface area (Å²) in [5.41, 5.74) is 2.90. The minimum atomic E-state index is -0.539. The highest BCUT2D eigenvalue weighted by atomic mass is 32.1.